The monoisotopic (exact) mass is 261 g/mol. The lowest BCUT2D eigenvalue weighted by Gasteiger charge is -2.28. The van der Waals surface area contributed by atoms with E-state index in [1.54, 1.807) is 0 Å². The van der Waals surface area contributed by atoms with Gasteiger partial charge in [0.05, 0.1) is 0 Å². The molecule has 0 amide bonds. The summed E-state index contributed by atoms with van der Waals surface area (Å²) in [5, 5.41) is 0.0444. The van der Waals surface area contributed by atoms with Crippen molar-refractivity contribution in [3.05, 3.63) is 34.4 Å². The van der Waals surface area contributed by atoms with E-state index in [1.165, 1.54) is 0 Å². The van der Waals surface area contributed by atoms with Gasteiger partial charge in [0.15, 0.2) is 0 Å². The number of halogens is 3. The summed E-state index contributed by atoms with van der Waals surface area (Å²) in [4.78, 5) is 0. The third-order valence-electron chi connectivity index (χ3n) is 3.15. The van der Waals surface area contributed by atoms with Crippen molar-refractivity contribution in [1.82, 2.24) is 0 Å². The second kappa shape index (κ2) is 5.29. The summed E-state index contributed by atoms with van der Waals surface area (Å²) < 4.78 is 32.6. The van der Waals surface area contributed by atoms with Crippen molar-refractivity contribution in [2.75, 3.05) is 13.2 Å². The van der Waals surface area contributed by atoms with Crippen LogP contribution in [-0.2, 0) is 4.74 Å². The summed E-state index contributed by atoms with van der Waals surface area (Å²) in [6.45, 7) is 1.18. The van der Waals surface area contributed by atoms with Crippen molar-refractivity contribution in [3.8, 4) is 0 Å². The average molecular weight is 262 g/mol. The molecule has 0 saturated carbocycles. The summed E-state index contributed by atoms with van der Waals surface area (Å²) in [5.41, 5.74) is 5.87. The Morgan fingerprint density at radius 3 is 2.29 bits per heavy atom. The van der Waals surface area contributed by atoms with Crippen molar-refractivity contribution >= 4 is 11.6 Å². The van der Waals surface area contributed by atoms with Gasteiger partial charge in [-0.05, 0) is 30.9 Å². The van der Waals surface area contributed by atoms with Gasteiger partial charge in [0, 0.05) is 29.8 Å². The number of ether oxygens (including phenoxy) is 1. The van der Waals surface area contributed by atoms with Crippen LogP contribution in [0.4, 0.5) is 8.78 Å². The van der Waals surface area contributed by atoms with E-state index in [4.69, 9.17) is 22.1 Å². The van der Waals surface area contributed by atoms with Crippen LogP contribution < -0.4 is 5.73 Å². The minimum absolute atomic E-state index is 0.0444. The summed E-state index contributed by atoms with van der Waals surface area (Å²) >= 11 is 5.57. The average Bonchev–Trinajstić information content (AvgIpc) is 2.28. The lowest BCUT2D eigenvalue weighted by molar-refractivity contribution is 0.0576. The first-order chi connectivity index (χ1) is 8.09. The first-order valence-electron chi connectivity index (χ1n) is 5.57. The van der Waals surface area contributed by atoms with Crippen LogP contribution in [0.15, 0.2) is 12.1 Å². The lowest BCUT2D eigenvalue weighted by Crippen LogP contribution is -2.28. The van der Waals surface area contributed by atoms with Gasteiger partial charge in [-0.25, -0.2) is 8.78 Å². The van der Waals surface area contributed by atoms with Crippen LogP contribution >= 0.6 is 11.6 Å². The van der Waals surface area contributed by atoms with Gasteiger partial charge in [0.2, 0.25) is 0 Å². The third kappa shape index (κ3) is 2.76. The van der Waals surface area contributed by atoms with Crippen LogP contribution in [0.5, 0.6) is 0 Å². The smallest absolute Gasteiger partial charge is 0.132 e. The van der Waals surface area contributed by atoms with E-state index in [2.05, 4.69) is 0 Å². The Bertz CT molecular complexity index is 384. The normalized spacial score (nSPS) is 19.3. The zero-order valence-corrected chi connectivity index (χ0v) is 10.0. The van der Waals surface area contributed by atoms with Crippen molar-refractivity contribution in [1.29, 1.82) is 0 Å². The molecule has 2 nitrogen and oxygen atoms in total. The van der Waals surface area contributed by atoms with E-state index in [0.717, 1.165) is 25.0 Å². The number of rotatable bonds is 2. The van der Waals surface area contributed by atoms with Crippen LogP contribution in [-0.4, -0.2) is 13.2 Å². The first-order valence-corrected chi connectivity index (χ1v) is 5.95. The maximum absolute atomic E-state index is 13.7. The van der Waals surface area contributed by atoms with E-state index in [-0.39, 0.29) is 16.5 Å². The molecule has 1 aliphatic rings. The summed E-state index contributed by atoms with van der Waals surface area (Å²) in [5.74, 6) is -1.29. The van der Waals surface area contributed by atoms with Gasteiger partial charge >= 0.3 is 0 Å². The fraction of sp³-hybridized carbons (Fsp3) is 0.500. The van der Waals surface area contributed by atoms with E-state index in [0.29, 0.717) is 13.2 Å². The standard InChI is InChI=1S/C12H14ClF2NO/c13-8-5-9(14)11(10(15)6-8)12(16)7-1-3-17-4-2-7/h5-7,12H,1-4,16H2/t12-/m1/s1. The molecule has 1 aromatic rings. The molecule has 5 heteroatoms. The molecule has 0 aromatic heterocycles. The zero-order chi connectivity index (χ0) is 12.4. The van der Waals surface area contributed by atoms with Gasteiger partial charge in [-0.2, -0.15) is 0 Å². The van der Waals surface area contributed by atoms with Crippen LogP contribution in [0, 0.1) is 17.6 Å². The molecule has 1 atom stereocenters. The van der Waals surface area contributed by atoms with Gasteiger partial charge in [-0.1, -0.05) is 11.6 Å². The molecule has 0 radical (unpaired) electrons. The number of hydrogen-bond donors (Lipinski definition) is 1. The fourth-order valence-corrected chi connectivity index (χ4v) is 2.37. The molecule has 1 saturated heterocycles. The highest BCUT2D eigenvalue weighted by Gasteiger charge is 2.27. The van der Waals surface area contributed by atoms with Crippen molar-refractivity contribution in [3.63, 3.8) is 0 Å². The maximum atomic E-state index is 13.7. The predicted molar refractivity (Wildman–Crippen MR) is 61.8 cm³/mol. The molecule has 0 aliphatic carbocycles. The number of nitrogens with two attached hydrogens (primary N) is 1. The Morgan fingerprint density at radius 2 is 1.76 bits per heavy atom. The highest BCUT2D eigenvalue weighted by molar-refractivity contribution is 6.30. The van der Waals surface area contributed by atoms with Gasteiger partial charge in [-0.3, -0.25) is 0 Å². The molecular formula is C12H14ClF2NO. The molecule has 1 fully saturated rings. The largest absolute Gasteiger partial charge is 0.381 e. The van der Waals surface area contributed by atoms with Gasteiger partial charge in [0.1, 0.15) is 11.6 Å². The van der Waals surface area contributed by atoms with Crippen molar-refractivity contribution in [2.24, 2.45) is 11.7 Å². The minimum Gasteiger partial charge on any atom is -0.381 e. The molecular weight excluding hydrogens is 248 g/mol. The molecule has 94 valence electrons. The Hall–Kier alpha value is -0.710. The number of hydrogen-bond acceptors (Lipinski definition) is 2. The van der Waals surface area contributed by atoms with E-state index in [9.17, 15) is 8.78 Å². The van der Waals surface area contributed by atoms with E-state index >= 15 is 0 Å². The van der Waals surface area contributed by atoms with Crippen LogP contribution in [0.1, 0.15) is 24.4 Å². The summed E-state index contributed by atoms with van der Waals surface area (Å²) in [6.07, 6.45) is 1.45. The molecule has 1 heterocycles. The molecule has 1 aliphatic heterocycles. The van der Waals surface area contributed by atoms with Crippen LogP contribution in [0.2, 0.25) is 5.02 Å². The minimum atomic E-state index is -0.672. The molecule has 2 N–H and O–H groups in total. The molecule has 0 spiro atoms. The first kappa shape index (κ1) is 12.7. The van der Waals surface area contributed by atoms with Gasteiger partial charge < -0.3 is 10.5 Å². The van der Waals surface area contributed by atoms with E-state index in [1.807, 2.05) is 0 Å². The topological polar surface area (TPSA) is 35.2 Å². The third-order valence-corrected chi connectivity index (χ3v) is 3.37. The second-order valence-electron chi connectivity index (χ2n) is 4.26. The Labute approximate surface area is 104 Å². The molecule has 0 unspecified atom stereocenters. The molecule has 2 rings (SSSR count). The van der Waals surface area contributed by atoms with Gasteiger partial charge in [0.25, 0.3) is 0 Å². The van der Waals surface area contributed by atoms with Crippen molar-refractivity contribution in [2.45, 2.75) is 18.9 Å². The zero-order valence-electron chi connectivity index (χ0n) is 9.26. The van der Waals surface area contributed by atoms with Gasteiger partial charge in [-0.15, -0.1) is 0 Å². The Kier molecular flexibility index (Phi) is 3.97. The van der Waals surface area contributed by atoms with E-state index < -0.39 is 17.7 Å². The molecule has 17 heavy (non-hydrogen) atoms. The second-order valence-corrected chi connectivity index (χ2v) is 4.70. The summed E-state index contributed by atoms with van der Waals surface area (Å²) in [7, 11) is 0. The Balaban J connectivity index is 2.26. The van der Waals surface area contributed by atoms with Crippen LogP contribution in [0.3, 0.4) is 0 Å². The number of benzene rings is 1. The highest BCUT2D eigenvalue weighted by Crippen LogP contribution is 2.32. The molecule has 0 bridgehead atoms. The fourth-order valence-electron chi connectivity index (χ4n) is 2.18. The van der Waals surface area contributed by atoms with Crippen LogP contribution in [0.25, 0.3) is 0 Å². The quantitative estimate of drug-likeness (QED) is 0.888. The Morgan fingerprint density at radius 1 is 1.24 bits per heavy atom. The summed E-state index contributed by atoms with van der Waals surface area (Å²) in [6, 6.07) is 1.55. The SMILES string of the molecule is N[C@@H](c1c(F)cc(Cl)cc1F)C1CCOCC1. The predicted octanol–water partition coefficient (Wildman–Crippen LogP) is 3.04. The van der Waals surface area contributed by atoms with Crippen molar-refractivity contribution < 1.29 is 13.5 Å². The lowest BCUT2D eigenvalue weighted by atomic mass is 9.87. The highest BCUT2D eigenvalue weighted by atomic mass is 35.5. The molecule has 1 aromatic carbocycles. The maximum Gasteiger partial charge on any atom is 0.132 e.